The average Bonchev–Trinajstić information content (AvgIpc) is 2.86. The fraction of sp³-hybridized carbons (Fsp3) is 0.286. The Balaban J connectivity index is 2.09. The van der Waals surface area contributed by atoms with E-state index in [4.69, 9.17) is 4.42 Å². The summed E-state index contributed by atoms with van der Waals surface area (Å²) in [6.45, 7) is 4.08. The van der Waals surface area contributed by atoms with Crippen LogP contribution in [0.15, 0.2) is 50.4 Å². The molecule has 1 aromatic heterocycles. The molecule has 21 heavy (non-hydrogen) atoms. The van der Waals surface area contributed by atoms with Gasteiger partial charge in [-0.1, -0.05) is 6.92 Å². The molecule has 2 rings (SSSR count). The molecule has 5 nitrogen and oxygen atoms in total. The quantitative estimate of drug-likeness (QED) is 0.813. The van der Waals surface area contributed by atoms with Crippen molar-refractivity contribution in [3.63, 3.8) is 0 Å². The number of hydrogen-bond acceptors (Lipinski definition) is 4. The molecule has 7 heteroatoms. The second kappa shape index (κ2) is 6.64. The molecule has 0 amide bonds. The number of nitrogens with one attached hydrogen (secondary N) is 2. The van der Waals surface area contributed by atoms with Crippen LogP contribution in [0.5, 0.6) is 0 Å². The number of benzene rings is 1. The summed E-state index contributed by atoms with van der Waals surface area (Å²) in [4.78, 5) is 0.253. The van der Waals surface area contributed by atoms with E-state index in [0.29, 0.717) is 11.2 Å². The highest BCUT2D eigenvalue weighted by molar-refractivity contribution is 9.10. The van der Waals surface area contributed by atoms with Crippen molar-refractivity contribution < 1.29 is 12.8 Å². The van der Waals surface area contributed by atoms with Gasteiger partial charge in [0.2, 0.25) is 10.0 Å². The molecule has 1 aromatic carbocycles. The van der Waals surface area contributed by atoms with Gasteiger partial charge in [0, 0.05) is 12.2 Å². The van der Waals surface area contributed by atoms with Crippen molar-refractivity contribution >= 4 is 31.6 Å². The van der Waals surface area contributed by atoms with Crippen LogP contribution in [0.3, 0.4) is 0 Å². The number of sulfonamides is 1. The minimum atomic E-state index is -3.41. The van der Waals surface area contributed by atoms with Crippen LogP contribution in [0, 0.1) is 0 Å². The Hall–Kier alpha value is -1.31. The van der Waals surface area contributed by atoms with E-state index in [-0.39, 0.29) is 10.9 Å². The Morgan fingerprint density at radius 3 is 2.38 bits per heavy atom. The maximum Gasteiger partial charge on any atom is 0.240 e. The van der Waals surface area contributed by atoms with E-state index in [1.807, 2.05) is 19.1 Å². The minimum Gasteiger partial charge on any atom is -0.452 e. The molecule has 0 saturated carbocycles. The van der Waals surface area contributed by atoms with Crippen molar-refractivity contribution in [2.45, 2.75) is 24.8 Å². The molecule has 1 atom stereocenters. The first-order valence-corrected chi connectivity index (χ1v) is 8.81. The van der Waals surface area contributed by atoms with Crippen LogP contribution >= 0.6 is 15.9 Å². The van der Waals surface area contributed by atoms with E-state index < -0.39 is 10.0 Å². The summed E-state index contributed by atoms with van der Waals surface area (Å²) in [6, 6.07) is 10.3. The molecule has 0 radical (unpaired) electrons. The number of hydrogen-bond donors (Lipinski definition) is 2. The zero-order valence-corrected chi connectivity index (χ0v) is 14.2. The highest BCUT2D eigenvalue weighted by Gasteiger charge is 2.13. The molecule has 0 spiro atoms. The fourth-order valence-electron chi connectivity index (χ4n) is 1.89. The highest BCUT2D eigenvalue weighted by atomic mass is 79.9. The summed E-state index contributed by atoms with van der Waals surface area (Å²) in [5, 5.41) is 3.25. The lowest BCUT2D eigenvalue weighted by molar-refractivity contribution is 0.471. The number of rotatable bonds is 6. The van der Waals surface area contributed by atoms with Crippen molar-refractivity contribution in [2.24, 2.45) is 0 Å². The van der Waals surface area contributed by atoms with E-state index in [1.165, 1.54) is 0 Å². The SMILES string of the molecule is CCNS(=O)(=O)c1ccc(NC(C)c2ccc(Br)o2)cc1. The summed E-state index contributed by atoms with van der Waals surface area (Å²) in [5.74, 6) is 0.797. The topological polar surface area (TPSA) is 71.3 Å². The van der Waals surface area contributed by atoms with Gasteiger partial charge < -0.3 is 9.73 Å². The van der Waals surface area contributed by atoms with Crippen molar-refractivity contribution in [3.05, 3.63) is 46.8 Å². The summed E-state index contributed by atoms with van der Waals surface area (Å²) >= 11 is 3.26. The first kappa shape index (κ1) is 16.1. The molecule has 0 bridgehead atoms. The van der Waals surface area contributed by atoms with Crippen molar-refractivity contribution in [1.82, 2.24) is 4.72 Å². The monoisotopic (exact) mass is 372 g/mol. The van der Waals surface area contributed by atoms with E-state index in [2.05, 4.69) is 26.0 Å². The molecule has 0 aliphatic carbocycles. The smallest absolute Gasteiger partial charge is 0.240 e. The van der Waals surface area contributed by atoms with Gasteiger partial charge in [0.05, 0.1) is 10.9 Å². The predicted octanol–water partition coefficient (Wildman–Crippen LogP) is 3.51. The number of anilines is 1. The van der Waals surface area contributed by atoms with Crippen LogP contribution in [-0.2, 0) is 10.0 Å². The molecule has 2 aromatic rings. The Bertz CT molecular complexity index is 695. The van der Waals surface area contributed by atoms with Gasteiger partial charge in [-0.3, -0.25) is 0 Å². The lowest BCUT2D eigenvalue weighted by Crippen LogP contribution is -2.23. The van der Waals surface area contributed by atoms with E-state index >= 15 is 0 Å². The normalized spacial score (nSPS) is 13.1. The van der Waals surface area contributed by atoms with Crippen LogP contribution < -0.4 is 10.0 Å². The lowest BCUT2D eigenvalue weighted by atomic mass is 10.2. The van der Waals surface area contributed by atoms with Gasteiger partial charge in [0.1, 0.15) is 5.76 Å². The third kappa shape index (κ3) is 4.09. The van der Waals surface area contributed by atoms with Gasteiger partial charge in [0.15, 0.2) is 4.67 Å². The van der Waals surface area contributed by atoms with Crippen molar-refractivity contribution in [1.29, 1.82) is 0 Å². The summed E-state index contributed by atoms with van der Waals surface area (Å²) in [5.41, 5.74) is 0.825. The molecule has 1 unspecified atom stereocenters. The van der Waals surface area contributed by atoms with Gasteiger partial charge in [-0.05, 0) is 59.3 Å². The summed E-state index contributed by atoms with van der Waals surface area (Å²) in [7, 11) is -3.41. The second-order valence-corrected chi connectivity index (χ2v) is 7.08. The minimum absolute atomic E-state index is 0.0208. The predicted molar refractivity (Wildman–Crippen MR) is 85.8 cm³/mol. The molecule has 0 fully saturated rings. The van der Waals surface area contributed by atoms with E-state index in [0.717, 1.165) is 11.4 Å². The summed E-state index contributed by atoms with van der Waals surface area (Å²) in [6.07, 6.45) is 0. The van der Waals surface area contributed by atoms with Crippen LogP contribution in [-0.4, -0.2) is 15.0 Å². The number of halogens is 1. The van der Waals surface area contributed by atoms with Crippen LogP contribution in [0.4, 0.5) is 5.69 Å². The van der Waals surface area contributed by atoms with Crippen LogP contribution in [0.1, 0.15) is 25.6 Å². The maximum absolute atomic E-state index is 11.8. The fourth-order valence-corrected chi connectivity index (χ4v) is 3.25. The van der Waals surface area contributed by atoms with Gasteiger partial charge in [0.25, 0.3) is 0 Å². The third-order valence-corrected chi connectivity index (χ3v) is 4.89. The molecule has 0 saturated heterocycles. The molecule has 0 aliphatic heterocycles. The molecule has 1 heterocycles. The van der Waals surface area contributed by atoms with Crippen LogP contribution in [0.2, 0.25) is 0 Å². The Kier molecular flexibility index (Phi) is 5.08. The zero-order valence-electron chi connectivity index (χ0n) is 11.8. The summed E-state index contributed by atoms with van der Waals surface area (Å²) < 4.78 is 32.3. The lowest BCUT2D eigenvalue weighted by Gasteiger charge is -2.13. The Morgan fingerprint density at radius 2 is 1.86 bits per heavy atom. The van der Waals surface area contributed by atoms with Crippen molar-refractivity contribution in [2.75, 3.05) is 11.9 Å². The first-order valence-electron chi connectivity index (χ1n) is 6.54. The molecule has 114 valence electrons. The zero-order chi connectivity index (χ0) is 15.5. The third-order valence-electron chi connectivity index (χ3n) is 2.90. The standard InChI is InChI=1S/C14H17BrN2O3S/c1-3-16-21(18,19)12-6-4-11(5-7-12)17-10(2)13-8-9-14(15)20-13/h4-10,16-17H,3H2,1-2H3. The van der Waals surface area contributed by atoms with Gasteiger partial charge in [-0.25, -0.2) is 13.1 Å². The van der Waals surface area contributed by atoms with Gasteiger partial charge >= 0.3 is 0 Å². The Labute approximate surface area is 132 Å². The molecule has 2 N–H and O–H groups in total. The van der Waals surface area contributed by atoms with Crippen LogP contribution in [0.25, 0.3) is 0 Å². The molecular weight excluding hydrogens is 356 g/mol. The largest absolute Gasteiger partial charge is 0.452 e. The average molecular weight is 373 g/mol. The van der Waals surface area contributed by atoms with Gasteiger partial charge in [-0.2, -0.15) is 0 Å². The maximum atomic E-state index is 11.8. The molecular formula is C14H17BrN2O3S. The van der Waals surface area contributed by atoms with Gasteiger partial charge in [-0.15, -0.1) is 0 Å². The highest BCUT2D eigenvalue weighted by Crippen LogP contribution is 2.24. The van der Waals surface area contributed by atoms with E-state index in [1.54, 1.807) is 31.2 Å². The Morgan fingerprint density at radius 1 is 1.19 bits per heavy atom. The second-order valence-electron chi connectivity index (χ2n) is 4.53. The first-order chi connectivity index (χ1) is 9.92. The van der Waals surface area contributed by atoms with E-state index in [9.17, 15) is 8.42 Å². The number of furan rings is 1. The molecule has 0 aliphatic rings. The van der Waals surface area contributed by atoms with Crippen molar-refractivity contribution in [3.8, 4) is 0 Å².